The van der Waals surface area contributed by atoms with Gasteiger partial charge in [-0.1, -0.05) is 35.0 Å². The Hall–Kier alpha value is -3.52. The van der Waals surface area contributed by atoms with Gasteiger partial charge in [-0.2, -0.15) is 4.98 Å². The van der Waals surface area contributed by atoms with Gasteiger partial charge in [-0.25, -0.2) is 0 Å². The zero-order chi connectivity index (χ0) is 18.6. The summed E-state index contributed by atoms with van der Waals surface area (Å²) in [5.41, 5.74) is 2.02. The van der Waals surface area contributed by atoms with Gasteiger partial charge in [-0.05, 0) is 30.3 Å². The molecule has 4 aromatic rings. The van der Waals surface area contributed by atoms with Crippen molar-refractivity contribution in [3.63, 3.8) is 0 Å². The van der Waals surface area contributed by atoms with Crippen LogP contribution in [0.15, 0.2) is 65.7 Å². The summed E-state index contributed by atoms with van der Waals surface area (Å²) in [4.78, 5) is 16.7. The maximum absolute atomic E-state index is 12.4. The highest BCUT2D eigenvalue weighted by Gasteiger charge is 2.12. The van der Waals surface area contributed by atoms with Gasteiger partial charge < -0.3 is 9.84 Å². The molecule has 0 spiro atoms. The summed E-state index contributed by atoms with van der Waals surface area (Å²) >= 11 is 5.97. The van der Waals surface area contributed by atoms with Crippen molar-refractivity contribution in [3.8, 4) is 17.1 Å². The molecule has 2 heterocycles. The SMILES string of the molecule is O=C(NCc1nc(-c2cccc(Cl)c2)no1)c1cccc(-n2cnnc2)c1. The summed E-state index contributed by atoms with van der Waals surface area (Å²) in [5, 5.41) is 14.8. The molecular weight excluding hydrogens is 368 g/mol. The molecule has 0 fully saturated rings. The number of hydrogen-bond acceptors (Lipinski definition) is 6. The number of aromatic nitrogens is 5. The lowest BCUT2D eigenvalue weighted by atomic mass is 10.2. The quantitative estimate of drug-likeness (QED) is 0.571. The van der Waals surface area contributed by atoms with Crippen molar-refractivity contribution in [2.24, 2.45) is 0 Å². The van der Waals surface area contributed by atoms with Gasteiger partial charge in [-0.15, -0.1) is 10.2 Å². The molecule has 0 atom stereocenters. The fraction of sp³-hybridized carbons (Fsp3) is 0.0556. The van der Waals surface area contributed by atoms with Gasteiger partial charge >= 0.3 is 0 Å². The first kappa shape index (κ1) is 16.9. The number of halogens is 1. The molecule has 1 N–H and O–H groups in total. The van der Waals surface area contributed by atoms with Crippen molar-refractivity contribution >= 4 is 17.5 Å². The maximum Gasteiger partial charge on any atom is 0.251 e. The van der Waals surface area contributed by atoms with Gasteiger partial charge in [-0.3, -0.25) is 9.36 Å². The highest BCUT2D eigenvalue weighted by Crippen LogP contribution is 2.20. The number of carbonyl (C=O) groups excluding carboxylic acids is 1. The molecule has 0 aliphatic rings. The average Bonchev–Trinajstić information content (AvgIpc) is 3.38. The molecule has 0 saturated heterocycles. The van der Waals surface area contributed by atoms with Crippen LogP contribution in [0.4, 0.5) is 0 Å². The Kier molecular flexibility index (Phi) is 4.63. The molecule has 0 saturated carbocycles. The second-order valence-electron chi connectivity index (χ2n) is 5.62. The molecule has 4 rings (SSSR count). The minimum Gasteiger partial charge on any atom is -0.343 e. The maximum atomic E-state index is 12.4. The number of carbonyl (C=O) groups is 1. The van der Waals surface area contributed by atoms with Crippen LogP contribution in [-0.2, 0) is 6.54 Å². The Morgan fingerprint density at radius 3 is 2.74 bits per heavy atom. The van der Waals surface area contributed by atoms with Crippen LogP contribution in [0.25, 0.3) is 17.1 Å². The third kappa shape index (κ3) is 3.85. The molecule has 9 heteroatoms. The zero-order valence-corrected chi connectivity index (χ0v) is 14.7. The first-order valence-corrected chi connectivity index (χ1v) is 8.38. The Bertz CT molecular complexity index is 1080. The summed E-state index contributed by atoms with van der Waals surface area (Å²) < 4.78 is 6.90. The Morgan fingerprint density at radius 1 is 1.11 bits per heavy atom. The summed E-state index contributed by atoms with van der Waals surface area (Å²) in [6, 6.07) is 14.2. The number of benzene rings is 2. The van der Waals surface area contributed by atoms with Gasteiger partial charge in [0.1, 0.15) is 12.7 Å². The molecule has 2 aromatic heterocycles. The molecular formula is C18H13ClN6O2. The van der Waals surface area contributed by atoms with Crippen molar-refractivity contribution in [3.05, 3.63) is 77.7 Å². The number of rotatable bonds is 5. The Labute approximate surface area is 158 Å². The summed E-state index contributed by atoms with van der Waals surface area (Å²) in [5.74, 6) is 0.456. The van der Waals surface area contributed by atoms with E-state index in [0.717, 1.165) is 11.3 Å². The van der Waals surface area contributed by atoms with Gasteiger partial charge in [0.15, 0.2) is 0 Å². The standard InChI is InChI=1S/C18H13ClN6O2/c19-14-5-1-3-12(7-14)17-23-16(27-24-17)9-20-18(26)13-4-2-6-15(8-13)25-10-21-22-11-25/h1-8,10-11H,9H2,(H,20,26). The van der Waals surface area contributed by atoms with E-state index in [0.29, 0.717) is 22.3 Å². The molecule has 2 aromatic carbocycles. The molecule has 1 amide bonds. The van der Waals surface area contributed by atoms with E-state index in [4.69, 9.17) is 16.1 Å². The lowest BCUT2D eigenvalue weighted by Gasteiger charge is -2.05. The number of nitrogens with zero attached hydrogens (tertiary/aromatic N) is 5. The molecule has 0 bridgehead atoms. The van der Waals surface area contributed by atoms with Crippen LogP contribution in [0.2, 0.25) is 5.02 Å². The fourth-order valence-electron chi connectivity index (χ4n) is 2.47. The summed E-state index contributed by atoms with van der Waals surface area (Å²) in [6.45, 7) is 0.114. The molecule has 134 valence electrons. The van der Waals surface area contributed by atoms with E-state index >= 15 is 0 Å². The molecule has 8 nitrogen and oxygen atoms in total. The highest BCUT2D eigenvalue weighted by atomic mass is 35.5. The minimum absolute atomic E-state index is 0.114. The van der Waals surface area contributed by atoms with Crippen molar-refractivity contribution in [1.82, 2.24) is 30.2 Å². The third-order valence-electron chi connectivity index (χ3n) is 3.78. The van der Waals surface area contributed by atoms with E-state index < -0.39 is 0 Å². The van der Waals surface area contributed by atoms with E-state index in [2.05, 4.69) is 25.7 Å². The monoisotopic (exact) mass is 380 g/mol. The average molecular weight is 381 g/mol. The fourth-order valence-corrected chi connectivity index (χ4v) is 2.66. The second kappa shape index (κ2) is 7.38. The molecule has 0 aliphatic heterocycles. The van der Waals surface area contributed by atoms with Crippen LogP contribution in [0, 0.1) is 0 Å². The van der Waals surface area contributed by atoms with E-state index in [-0.39, 0.29) is 12.5 Å². The van der Waals surface area contributed by atoms with Crippen LogP contribution >= 0.6 is 11.6 Å². The minimum atomic E-state index is -0.257. The van der Waals surface area contributed by atoms with E-state index in [1.165, 1.54) is 0 Å². The molecule has 0 aliphatic carbocycles. The summed E-state index contributed by atoms with van der Waals surface area (Å²) in [7, 11) is 0. The largest absolute Gasteiger partial charge is 0.343 e. The molecule has 0 unspecified atom stereocenters. The smallest absolute Gasteiger partial charge is 0.251 e. The van der Waals surface area contributed by atoms with E-state index in [9.17, 15) is 4.79 Å². The summed E-state index contributed by atoms with van der Waals surface area (Å²) in [6.07, 6.45) is 3.12. The van der Waals surface area contributed by atoms with E-state index in [1.807, 2.05) is 12.1 Å². The van der Waals surface area contributed by atoms with Crippen LogP contribution in [-0.4, -0.2) is 30.8 Å². The Morgan fingerprint density at radius 2 is 1.93 bits per heavy atom. The van der Waals surface area contributed by atoms with Crippen LogP contribution in [0.1, 0.15) is 16.2 Å². The number of nitrogens with one attached hydrogen (secondary N) is 1. The zero-order valence-electron chi connectivity index (χ0n) is 13.9. The van der Waals surface area contributed by atoms with Crippen molar-refractivity contribution < 1.29 is 9.32 Å². The van der Waals surface area contributed by atoms with Crippen LogP contribution in [0.5, 0.6) is 0 Å². The first-order chi connectivity index (χ1) is 13.2. The lowest BCUT2D eigenvalue weighted by Crippen LogP contribution is -2.23. The van der Waals surface area contributed by atoms with Gasteiger partial charge in [0.05, 0.1) is 6.54 Å². The van der Waals surface area contributed by atoms with Gasteiger partial charge in [0.2, 0.25) is 11.7 Å². The molecule has 27 heavy (non-hydrogen) atoms. The first-order valence-electron chi connectivity index (χ1n) is 8.01. The second-order valence-corrected chi connectivity index (χ2v) is 6.06. The number of amides is 1. The van der Waals surface area contributed by atoms with Crippen molar-refractivity contribution in [2.75, 3.05) is 0 Å². The lowest BCUT2D eigenvalue weighted by molar-refractivity contribution is 0.0946. The molecule has 0 radical (unpaired) electrons. The normalized spacial score (nSPS) is 10.7. The van der Waals surface area contributed by atoms with Gasteiger partial charge in [0.25, 0.3) is 5.91 Å². The van der Waals surface area contributed by atoms with Crippen molar-refractivity contribution in [2.45, 2.75) is 6.54 Å². The van der Waals surface area contributed by atoms with Crippen LogP contribution < -0.4 is 5.32 Å². The predicted octanol–water partition coefficient (Wildman–Crippen LogP) is 2.90. The highest BCUT2D eigenvalue weighted by molar-refractivity contribution is 6.30. The van der Waals surface area contributed by atoms with E-state index in [1.54, 1.807) is 53.6 Å². The van der Waals surface area contributed by atoms with Gasteiger partial charge in [0, 0.05) is 21.8 Å². The topological polar surface area (TPSA) is 98.7 Å². The van der Waals surface area contributed by atoms with Crippen molar-refractivity contribution in [1.29, 1.82) is 0 Å². The third-order valence-corrected chi connectivity index (χ3v) is 4.01. The van der Waals surface area contributed by atoms with Crippen LogP contribution in [0.3, 0.4) is 0 Å². The Balaban J connectivity index is 1.43. The number of hydrogen-bond donors (Lipinski definition) is 1. The predicted molar refractivity (Wildman–Crippen MR) is 97.3 cm³/mol.